The maximum absolute atomic E-state index is 14.4. The van der Waals surface area contributed by atoms with Gasteiger partial charge in [0.2, 0.25) is 21.8 Å². The molecule has 14 nitrogen and oxygen atoms in total. The molecule has 1 unspecified atom stereocenters. The minimum atomic E-state index is -3.79. The van der Waals surface area contributed by atoms with Gasteiger partial charge in [-0.25, -0.2) is 22.3 Å². The number of nitrogens with zero attached hydrogens (tertiary/aromatic N) is 3. The minimum Gasteiger partial charge on any atom is -0.450 e. The first-order chi connectivity index (χ1) is 24.2. The van der Waals surface area contributed by atoms with Crippen LogP contribution in [-0.4, -0.2) is 101 Å². The van der Waals surface area contributed by atoms with E-state index in [2.05, 4.69) is 16.7 Å². The van der Waals surface area contributed by atoms with Gasteiger partial charge in [0.15, 0.2) is 0 Å². The number of benzene rings is 1. The van der Waals surface area contributed by atoms with Crippen molar-refractivity contribution in [3.63, 3.8) is 0 Å². The number of hydrogen-bond acceptors (Lipinski definition) is 9. The van der Waals surface area contributed by atoms with Gasteiger partial charge < -0.3 is 25.0 Å². The number of fused-ring (bicyclic) bond motifs is 4. The molecule has 6 atom stereocenters. The monoisotopic (exact) mass is 727 g/mol. The van der Waals surface area contributed by atoms with E-state index in [1.165, 1.54) is 10.5 Å². The number of hydrogen-bond donors (Lipinski definition) is 2. The van der Waals surface area contributed by atoms with Crippen molar-refractivity contribution < 1.29 is 41.9 Å². The van der Waals surface area contributed by atoms with E-state index in [9.17, 15) is 32.4 Å². The highest BCUT2D eigenvalue weighted by Gasteiger charge is 2.85. The molecule has 2 aliphatic carbocycles. The van der Waals surface area contributed by atoms with Gasteiger partial charge in [0.05, 0.1) is 24.4 Å². The molecule has 1 aromatic carbocycles. The van der Waals surface area contributed by atoms with Crippen LogP contribution in [0.2, 0.25) is 0 Å². The number of β-lactam (4-membered cyclic amide) rings is 1. The number of rotatable bonds is 5. The summed E-state index contributed by atoms with van der Waals surface area (Å²) in [6.07, 6.45) is 3.61. The van der Waals surface area contributed by atoms with Gasteiger partial charge >= 0.3 is 12.2 Å². The second-order valence-electron chi connectivity index (χ2n) is 16.1. The van der Waals surface area contributed by atoms with E-state index in [-0.39, 0.29) is 19.6 Å². The molecule has 0 aromatic heterocycles. The van der Waals surface area contributed by atoms with Gasteiger partial charge in [-0.2, -0.15) is 0 Å². The molecule has 4 aliphatic heterocycles. The van der Waals surface area contributed by atoms with E-state index in [1.54, 1.807) is 25.7 Å². The Morgan fingerprint density at radius 3 is 2.47 bits per heavy atom. The van der Waals surface area contributed by atoms with Crippen LogP contribution in [0, 0.1) is 11.3 Å². The number of carbonyl (C=O) groups excluding carboxylic acids is 5. The second-order valence-corrected chi connectivity index (χ2v) is 18.2. The molecule has 7 rings (SSSR count). The highest BCUT2D eigenvalue weighted by atomic mass is 32.2. The largest absolute Gasteiger partial charge is 0.450 e. The Morgan fingerprint density at radius 1 is 1.04 bits per heavy atom. The van der Waals surface area contributed by atoms with Crippen molar-refractivity contribution in [3.05, 3.63) is 34.9 Å². The van der Waals surface area contributed by atoms with Gasteiger partial charge in [-0.3, -0.25) is 19.3 Å². The van der Waals surface area contributed by atoms with Crippen molar-refractivity contribution >= 4 is 39.9 Å². The third-order valence-electron chi connectivity index (χ3n) is 11.5. The highest BCUT2D eigenvalue weighted by Crippen LogP contribution is 2.61. The lowest BCUT2D eigenvalue weighted by molar-refractivity contribution is -0.145. The summed E-state index contributed by atoms with van der Waals surface area (Å²) in [5, 5.41) is 5.02. The molecule has 0 radical (unpaired) electrons. The normalized spacial score (nSPS) is 31.6. The summed E-state index contributed by atoms with van der Waals surface area (Å²) in [4.78, 5) is 71.6. The van der Waals surface area contributed by atoms with E-state index >= 15 is 0 Å². The quantitative estimate of drug-likeness (QED) is 0.433. The summed E-state index contributed by atoms with van der Waals surface area (Å²) >= 11 is 0. The first-order valence-electron chi connectivity index (χ1n) is 18.4. The number of cyclic esters (lactones) is 1. The van der Waals surface area contributed by atoms with Gasteiger partial charge in [0, 0.05) is 25.4 Å². The lowest BCUT2D eigenvalue weighted by atomic mass is 9.85. The fraction of sp³-hybridized carbons (Fsp3) is 0.694. The average Bonchev–Trinajstić information content (AvgIpc) is 3.90. The fourth-order valence-electron chi connectivity index (χ4n) is 8.53. The number of aryl methyl sites for hydroxylation is 1. The summed E-state index contributed by atoms with van der Waals surface area (Å²) in [7, 11) is -3.79. The molecule has 4 bridgehead atoms. The molecular weight excluding hydrogens is 678 g/mol. The van der Waals surface area contributed by atoms with Crippen LogP contribution in [0.1, 0.15) is 95.8 Å². The summed E-state index contributed by atoms with van der Waals surface area (Å²) in [5.41, 5.74) is 1.22. The maximum Gasteiger partial charge on any atom is 0.410 e. The zero-order valence-corrected chi connectivity index (χ0v) is 30.6. The molecule has 5 amide bonds. The molecule has 2 N–H and O–H groups in total. The Hall–Kier alpha value is -3.88. The average molecular weight is 728 g/mol. The smallest absolute Gasteiger partial charge is 0.410 e. The first-order valence-corrected chi connectivity index (χ1v) is 19.9. The van der Waals surface area contributed by atoms with Crippen LogP contribution in [-0.2, 0) is 53.4 Å². The lowest BCUT2D eigenvalue weighted by Gasteiger charge is -2.38. The molecule has 278 valence electrons. The van der Waals surface area contributed by atoms with Crippen molar-refractivity contribution in [2.45, 2.75) is 134 Å². The van der Waals surface area contributed by atoms with Crippen molar-refractivity contribution in [2.75, 3.05) is 13.2 Å². The molecule has 6 aliphatic rings. The third kappa shape index (κ3) is 6.22. The van der Waals surface area contributed by atoms with Gasteiger partial charge in [-0.1, -0.05) is 58.7 Å². The Kier molecular flexibility index (Phi) is 9.03. The van der Waals surface area contributed by atoms with Crippen molar-refractivity contribution in [3.8, 4) is 0 Å². The standard InChI is InChI=1S/C36H49N5O9S/c1-5-26-29-36(26,32(44)41(29)51(47,48)24-14-15-24)38-30(42)27-17-23-19-40(27)31(43)28(35(2,3)4)37-33(45)49-16-9-7-6-8-11-21-12-10-13-22-18-39(20-25(21)22)34(46)50-23/h10,12-13,23-24,26-29H,5-9,11,14-20H2,1-4H3,(H,37,45)(H,38,42)/t23-,26?,27+,28-,29-,36+/m1/s1. The van der Waals surface area contributed by atoms with E-state index in [0.29, 0.717) is 38.8 Å². The third-order valence-corrected chi connectivity index (χ3v) is 13.8. The number of ether oxygens (including phenoxy) is 2. The molecule has 4 fully saturated rings. The second kappa shape index (κ2) is 13.0. The number of nitrogens with one attached hydrogen (secondary N) is 2. The number of carbonyl (C=O) groups is 5. The van der Waals surface area contributed by atoms with Crippen molar-refractivity contribution in [1.29, 1.82) is 0 Å². The Balaban J connectivity index is 1.14. The van der Waals surface area contributed by atoms with Crippen LogP contribution >= 0.6 is 0 Å². The molecule has 2 saturated heterocycles. The molecule has 51 heavy (non-hydrogen) atoms. The van der Waals surface area contributed by atoms with Crippen LogP contribution in [0.25, 0.3) is 0 Å². The Labute approximate surface area is 299 Å². The molecule has 2 saturated carbocycles. The molecule has 0 spiro atoms. The summed E-state index contributed by atoms with van der Waals surface area (Å²) < 4.78 is 38.5. The zero-order chi connectivity index (χ0) is 36.5. The van der Waals surface area contributed by atoms with Crippen LogP contribution < -0.4 is 10.6 Å². The SMILES string of the molecule is CCC1[C@H]2N(S(=O)(=O)C3CC3)C(=O)[C@]12NC(=O)[C@@H]1C[C@@H]2CN1C(=O)[C@H](C(C)(C)C)NC(=O)OCCCCCCc1cccc3c1CN(C3)C(=O)O2. The Bertz CT molecular complexity index is 1740. The topological polar surface area (TPSA) is 172 Å². The molecule has 15 heteroatoms. The number of sulfonamides is 1. The first kappa shape index (κ1) is 35.5. The van der Waals surface area contributed by atoms with E-state index < -0.39 is 86.3 Å². The van der Waals surface area contributed by atoms with E-state index in [4.69, 9.17) is 9.47 Å². The predicted octanol–water partition coefficient (Wildman–Crippen LogP) is 2.96. The van der Waals surface area contributed by atoms with Crippen molar-refractivity contribution in [2.24, 2.45) is 11.3 Å². The number of amides is 5. The maximum atomic E-state index is 14.4. The Morgan fingerprint density at radius 2 is 1.76 bits per heavy atom. The fourth-order valence-corrected chi connectivity index (χ4v) is 10.6. The molecular formula is C36H49N5O9S. The zero-order valence-electron chi connectivity index (χ0n) is 29.8. The summed E-state index contributed by atoms with van der Waals surface area (Å²) in [5.74, 6) is -2.22. The van der Waals surface area contributed by atoms with Crippen molar-refractivity contribution in [1.82, 2.24) is 24.7 Å². The van der Waals surface area contributed by atoms with Crippen LogP contribution in [0.5, 0.6) is 0 Å². The molecule has 4 heterocycles. The summed E-state index contributed by atoms with van der Waals surface area (Å²) in [6, 6.07) is 3.19. The highest BCUT2D eigenvalue weighted by molar-refractivity contribution is 7.90. The van der Waals surface area contributed by atoms with Gasteiger partial charge in [-0.15, -0.1) is 0 Å². The van der Waals surface area contributed by atoms with Gasteiger partial charge in [-0.05, 0) is 60.6 Å². The van der Waals surface area contributed by atoms with E-state index in [1.807, 2.05) is 19.1 Å². The molecule has 1 aromatic rings. The van der Waals surface area contributed by atoms with Gasteiger partial charge in [0.1, 0.15) is 23.7 Å². The summed E-state index contributed by atoms with van der Waals surface area (Å²) in [6.45, 7) is 8.09. The van der Waals surface area contributed by atoms with Crippen LogP contribution in [0.15, 0.2) is 18.2 Å². The predicted molar refractivity (Wildman–Crippen MR) is 183 cm³/mol. The van der Waals surface area contributed by atoms with Gasteiger partial charge in [0.25, 0.3) is 5.91 Å². The lowest BCUT2D eigenvalue weighted by Crippen LogP contribution is -2.68. The minimum absolute atomic E-state index is 0.0352. The van der Waals surface area contributed by atoms with E-state index in [0.717, 1.165) is 41.1 Å². The number of alkyl carbamates (subject to hydrolysis) is 1. The van der Waals surface area contributed by atoms with Crippen LogP contribution in [0.3, 0.4) is 0 Å². The van der Waals surface area contributed by atoms with Crippen LogP contribution in [0.4, 0.5) is 9.59 Å².